The smallest absolute Gasteiger partial charge is 0.151 e. The molecular formula is C24H27FN6O. The minimum atomic E-state index is -0.931. The van der Waals surface area contributed by atoms with E-state index in [4.69, 9.17) is 0 Å². The molecule has 2 aliphatic rings. The van der Waals surface area contributed by atoms with Crippen molar-refractivity contribution in [3.63, 3.8) is 0 Å². The molecule has 2 aromatic heterocycles. The molecule has 4 atom stereocenters. The van der Waals surface area contributed by atoms with Gasteiger partial charge in [-0.15, -0.1) is 10.2 Å². The highest BCUT2D eigenvalue weighted by molar-refractivity contribution is 5.73. The van der Waals surface area contributed by atoms with Crippen LogP contribution in [-0.4, -0.2) is 56.8 Å². The van der Waals surface area contributed by atoms with Crippen LogP contribution in [0.3, 0.4) is 0 Å². The zero-order chi connectivity index (χ0) is 22.2. The highest BCUT2D eigenvalue weighted by Crippen LogP contribution is 2.34. The lowest BCUT2D eigenvalue weighted by Crippen LogP contribution is -2.61. The van der Waals surface area contributed by atoms with E-state index in [1.165, 1.54) is 0 Å². The lowest BCUT2D eigenvalue weighted by atomic mass is 9.82. The number of fused-ring (bicyclic) bond motifs is 2. The van der Waals surface area contributed by atoms with E-state index in [9.17, 15) is 5.11 Å². The van der Waals surface area contributed by atoms with Gasteiger partial charge in [0.2, 0.25) is 0 Å². The number of nitrogens with zero attached hydrogens (tertiary/aromatic N) is 5. The fraction of sp³-hybridized carbons (Fsp3) is 0.417. The van der Waals surface area contributed by atoms with Gasteiger partial charge in [0.15, 0.2) is 5.82 Å². The van der Waals surface area contributed by atoms with E-state index in [1.807, 2.05) is 49.2 Å². The van der Waals surface area contributed by atoms with Crippen molar-refractivity contribution in [1.82, 2.24) is 25.7 Å². The molecule has 0 saturated carbocycles. The quantitative estimate of drug-likeness (QED) is 0.648. The number of halogens is 1. The number of aryl methyl sites for hydroxylation is 1. The van der Waals surface area contributed by atoms with Crippen LogP contribution in [0.15, 0.2) is 42.5 Å². The molecule has 7 nitrogen and oxygen atoms in total. The Bertz CT molecular complexity index is 1090. The van der Waals surface area contributed by atoms with E-state index in [2.05, 4.69) is 25.7 Å². The van der Waals surface area contributed by atoms with Gasteiger partial charge in [-0.1, -0.05) is 12.5 Å². The second-order valence-electron chi connectivity index (χ2n) is 8.83. The van der Waals surface area contributed by atoms with Gasteiger partial charge in [0.25, 0.3) is 0 Å². The molecule has 3 aromatic rings. The van der Waals surface area contributed by atoms with Crippen LogP contribution < -0.4 is 10.2 Å². The Morgan fingerprint density at radius 3 is 2.53 bits per heavy atom. The molecule has 2 aliphatic heterocycles. The van der Waals surface area contributed by atoms with Crippen LogP contribution in [0.4, 0.5) is 10.2 Å². The number of rotatable bonds is 4. The fourth-order valence-electron chi connectivity index (χ4n) is 4.84. The molecule has 0 aliphatic carbocycles. The van der Waals surface area contributed by atoms with Gasteiger partial charge in [-0.3, -0.25) is 0 Å². The van der Waals surface area contributed by atoms with Gasteiger partial charge in [0.05, 0.1) is 23.1 Å². The van der Waals surface area contributed by atoms with Gasteiger partial charge in [-0.05, 0) is 62.6 Å². The maximum absolute atomic E-state index is 15.1. The summed E-state index contributed by atoms with van der Waals surface area (Å²) in [7, 11) is 1.89. The number of phenolic OH excluding ortho intramolecular Hbond substituents is 1. The number of piperidine rings is 2. The first-order valence-corrected chi connectivity index (χ1v) is 11.1. The van der Waals surface area contributed by atoms with Gasteiger partial charge in [-0.2, -0.15) is 10.2 Å². The molecule has 5 rings (SSSR count). The summed E-state index contributed by atoms with van der Waals surface area (Å²) in [6, 6.07) is 12.8. The van der Waals surface area contributed by atoms with Gasteiger partial charge >= 0.3 is 0 Å². The molecule has 4 heterocycles. The lowest BCUT2D eigenvalue weighted by Gasteiger charge is -2.46. The zero-order valence-electron chi connectivity index (χ0n) is 18.2. The van der Waals surface area contributed by atoms with Crippen molar-refractivity contribution in [3.05, 3.63) is 48.2 Å². The number of benzene rings is 1. The summed E-state index contributed by atoms with van der Waals surface area (Å²) in [5, 5.41) is 30.9. The summed E-state index contributed by atoms with van der Waals surface area (Å²) in [4.78, 5) is 1.91. The number of hydrogen-bond donors (Lipinski definition) is 2. The van der Waals surface area contributed by atoms with Crippen molar-refractivity contribution in [2.75, 3.05) is 11.9 Å². The van der Waals surface area contributed by atoms with E-state index < -0.39 is 6.17 Å². The van der Waals surface area contributed by atoms with Crippen molar-refractivity contribution < 1.29 is 9.50 Å². The highest BCUT2D eigenvalue weighted by Gasteiger charge is 2.41. The van der Waals surface area contributed by atoms with Crippen LogP contribution in [0.5, 0.6) is 5.75 Å². The Morgan fingerprint density at radius 2 is 1.81 bits per heavy atom. The first kappa shape index (κ1) is 20.8. The summed E-state index contributed by atoms with van der Waals surface area (Å²) < 4.78 is 15.1. The van der Waals surface area contributed by atoms with Crippen molar-refractivity contribution in [3.8, 4) is 28.3 Å². The molecule has 166 valence electrons. The molecule has 2 fully saturated rings. The Hall–Kier alpha value is -3.13. The molecule has 0 radical (unpaired) electrons. The second-order valence-corrected chi connectivity index (χ2v) is 8.83. The normalized spacial score (nSPS) is 24.8. The van der Waals surface area contributed by atoms with Crippen molar-refractivity contribution in [1.29, 1.82) is 0 Å². The topological polar surface area (TPSA) is 87.1 Å². The third kappa shape index (κ3) is 3.90. The van der Waals surface area contributed by atoms with Gasteiger partial charge in [0, 0.05) is 30.3 Å². The van der Waals surface area contributed by atoms with E-state index in [0.717, 1.165) is 36.9 Å². The number of aromatic hydroxyl groups is 1. The van der Waals surface area contributed by atoms with Crippen molar-refractivity contribution in [2.24, 2.45) is 0 Å². The maximum Gasteiger partial charge on any atom is 0.151 e. The molecule has 0 amide bonds. The van der Waals surface area contributed by atoms with Crippen LogP contribution in [0.2, 0.25) is 0 Å². The fourth-order valence-corrected chi connectivity index (χ4v) is 4.84. The van der Waals surface area contributed by atoms with Crippen LogP contribution in [0.25, 0.3) is 22.5 Å². The Kier molecular flexibility index (Phi) is 5.46. The summed E-state index contributed by atoms with van der Waals surface area (Å²) in [5.74, 6) is 0.725. The molecule has 32 heavy (non-hydrogen) atoms. The predicted molar refractivity (Wildman–Crippen MR) is 121 cm³/mol. The molecule has 2 bridgehead atoms. The number of aromatic nitrogens is 4. The standard InChI is InChI=1S/C24H27FN6O/c1-14-6-9-18(28-27-14)15-7-8-17(22(32)12-15)19-10-11-23(30-29-19)31(2)21-13-16-4-3-5-20(26-16)24(21)25/h6-12,16,20-21,24,26,32H,3-5,13H2,1-2H3/t16-,20+,21+,24-/m1/s1. The summed E-state index contributed by atoms with van der Waals surface area (Å²) in [6.07, 6.45) is 2.91. The van der Waals surface area contributed by atoms with Gasteiger partial charge in [-0.25, -0.2) is 4.39 Å². The largest absolute Gasteiger partial charge is 0.507 e. The maximum atomic E-state index is 15.1. The van der Waals surface area contributed by atoms with Crippen LogP contribution in [0, 0.1) is 6.92 Å². The molecule has 0 spiro atoms. The summed E-state index contributed by atoms with van der Waals surface area (Å²) in [5.41, 5.74) is 3.43. The molecule has 0 unspecified atom stereocenters. The molecule has 2 saturated heterocycles. The van der Waals surface area contributed by atoms with Crippen molar-refractivity contribution in [2.45, 2.75) is 56.9 Å². The predicted octanol–water partition coefficient (Wildman–Crippen LogP) is 3.67. The number of anilines is 1. The second kappa shape index (κ2) is 8.43. The van der Waals surface area contributed by atoms with Crippen LogP contribution in [0.1, 0.15) is 31.4 Å². The first-order chi connectivity index (χ1) is 15.5. The van der Waals surface area contributed by atoms with Crippen molar-refractivity contribution >= 4 is 5.82 Å². The third-order valence-electron chi connectivity index (χ3n) is 6.67. The third-order valence-corrected chi connectivity index (χ3v) is 6.67. The Balaban J connectivity index is 1.35. The monoisotopic (exact) mass is 434 g/mol. The van der Waals surface area contributed by atoms with Crippen LogP contribution in [-0.2, 0) is 0 Å². The van der Waals surface area contributed by atoms with E-state index in [1.54, 1.807) is 12.1 Å². The number of alkyl halides is 1. The summed E-state index contributed by atoms with van der Waals surface area (Å²) in [6.45, 7) is 1.88. The minimum Gasteiger partial charge on any atom is -0.507 e. The van der Waals surface area contributed by atoms with E-state index >= 15 is 4.39 Å². The van der Waals surface area contributed by atoms with E-state index in [-0.39, 0.29) is 17.8 Å². The Morgan fingerprint density at radius 1 is 1.00 bits per heavy atom. The zero-order valence-corrected chi connectivity index (χ0v) is 18.2. The average Bonchev–Trinajstić information content (AvgIpc) is 2.82. The van der Waals surface area contributed by atoms with Gasteiger partial charge < -0.3 is 15.3 Å². The summed E-state index contributed by atoms with van der Waals surface area (Å²) >= 11 is 0. The molecule has 8 heteroatoms. The first-order valence-electron chi connectivity index (χ1n) is 11.1. The van der Waals surface area contributed by atoms with Gasteiger partial charge in [0.1, 0.15) is 11.9 Å². The number of nitrogens with one attached hydrogen (secondary N) is 1. The number of phenols is 1. The molecule has 2 N–H and O–H groups in total. The minimum absolute atomic E-state index is 0.0733. The SMILES string of the molecule is Cc1ccc(-c2ccc(-c3ccc(N(C)[C@H]4C[C@H]5CCC[C@H](N5)[C@H]4F)nn3)c(O)c2)nn1. The average molecular weight is 435 g/mol. The molecular weight excluding hydrogens is 407 g/mol. The highest BCUT2D eigenvalue weighted by atomic mass is 19.1. The van der Waals surface area contributed by atoms with E-state index in [0.29, 0.717) is 28.8 Å². The molecule has 1 aromatic carbocycles. The van der Waals surface area contributed by atoms with Crippen LogP contribution >= 0.6 is 0 Å². The number of hydrogen-bond acceptors (Lipinski definition) is 7. The lowest BCUT2D eigenvalue weighted by molar-refractivity contribution is 0.107. The Labute approximate surface area is 186 Å².